The number of amides is 3. The average molecular weight is 418 g/mol. The Labute approximate surface area is 176 Å². The highest BCUT2D eigenvalue weighted by molar-refractivity contribution is 7.17. The Morgan fingerprint density at radius 3 is 2.76 bits per heavy atom. The van der Waals surface area contributed by atoms with Gasteiger partial charge in [-0.15, -0.1) is 11.3 Å². The van der Waals surface area contributed by atoms with Gasteiger partial charge in [0.2, 0.25) is 5.91 Å². The standard InChI is InChI=1S/C22H31N3O3S/c1-2-28-15-5-11-23-21(26)17-9-13-25(14-10-17)22(27)24-12-8-18-16-29-20-7-4-3-6-19(18)20/h3-4,6-7,16-17H,2,5,8-15H2,1H3,(H,23,26)(H,24,27). The zero-order valence-corrected chi connectivity index (χ0v) is 17.9. The fourth-order valence-electron chi connectivity index (χ4n) is 3.66. The molecule has 2 aromatic rings. The summed E-state index contributed by atoms with van der Waals surface area (Å²) >= 11 is 1.75. The number of hydrogen-bond acceptors (Lipinski definition) is 4. The van der Waals surface area contributed by atoms with E-state index in [1.54, 1.807) is 11.3 Å². The first-order valence-electron chi connectivity index (χ1n) is 10.5. The van der Waals surface area contributed by atoms with Crippen LogP contribution >= 0.6 is 11.3 Å². The predicted molar refractivity (Wildman–Crippen MR) is 117 cm³/mol. The van der Waals surface area contributed by atoms with Gasteiger partial charge in [-0.3, -0.25) is 4.79 Å². The molecule has 6 nitrogen and oxygen atoms in total. The zero-order chi connectivity index (χ0) is 20.5. The third-order valence-corrected chi connectivity index (χ3v) is 6.37. The van der Waals surface area contributed by atoms with Gasteiger partial charge in [-0.1, -0.05) is 18.2 Å². The summed E-state index contributed by atoms with van der Waals surface area (Å²) in [5, 5.41) is 9.47. The summed E-state index contributed by atoms with van der Waals surface area (Å²) in [5.74, 6) is 0.106. The molecule has 0 unspecified atom stereocenters. The van der Waals surface area contributed by atoms with Gasteiger partial charge in [0.1, 0.15) is 0 Å². The molecule has 7 heteroatoms. The minimum Gasteiger partial charge on any atom is -0.382 e. The fourth-order valence-corrected chi connectivity index (χ4v) is 4.66. The third kappa shape index (κ3) is 6.18. The Morgan fingerprint density at radius 2 is 1.97 bits per heavy atom. The Kier molecular flexibility index (Phi) is 8.31. The monoisotopic (exact) mass is 417 g/mol. The van der Waals surface area contributed by atoms with E-state index in [2.05, 4.69) is 40.3 Å². The van der Waals surface area contributed by atoms with Gasteiger partial charge in [0.15, 0.2) is 0 Å². The molecule has 0 spiro atoms. The van der Waals surface area contributed by atoms with E-state index in [0.717, 1.165) is 25.7 Å². The molecule has 0 saturated carbocycles. The maximum atomic E-state index is 12.4. The molecule has 3 rings (SSSR count). The number of thiophene rings is 1. The number of carbonyl (C=O) groups is 2. The van der Waals surface area contributed by atoms with Crippen molar-refractivity contribution >= 4 is 33.4 Å². The van der Waals surface area contributed by atoms with Crippen molar-refractivity contribution in [2.75, 3.05) is 39.4 Å². The molecular weight excluding hydrogens is 386 g/mol. The van der Waals surface area contributed by atoms with E-state index in [4.69, 9.17) is 4.74 Å². The lowest BCUT2D eigenvalue weighted by Gasteiger charge is -2.31. The Hall–Kier alpha value is -2.12. The fraction of sp³-hybridized carbons (Fsp3) is 0.545. The second-order valence-electron chi connectivity index (χ2n) is 7.34. The number of hydrogen-bond donors (Lipinski definition) is 2. The van der Waals surface area contributed by atoms with Crippen molar-refractivity contribution in [3.63, 3.8) is 0 Å². The first kappa shape index (κ1) is 21.6. The van der Waals surface area contributed by atoms with Crippen LogP contribution in [0, 0.1) is 5.92 Å². The Morgan fingerprint density at radius 1 is 1.17 bits per heavy atom. The van der Waals surface area contributed by atoms with E-state index in [-0.39, 0.29) is 17.9 Å². The molecule has 2 heterocycles. The van der Waals surface area contributed by atoms with E-state index >= 15 is 0 Å². The van der Waals surface area contributed by atoms with Gasteiger partial charge in [0, 0.05) is 50.0 Å². The number of nitrogens with one attached hydrogen (secondary N) is 2. The van der Waals surface area contributed by atoms with Crippen LogP contribution in [0.1, 0.15) is 31.7 Å². The smallest absolute Gasteiger partial charge is 0.317 e. The van der Waals surface area contributed by atoms with E-state index in [0.29, 0.717) is 39.4 Å². The second-order valence-corrected chi connectivity index (χ2v) is 8.25. The molecule has 0 aliphatic carbocycles. The predicted octanol–water partition coefficient (Wildman–Crippen LogP) is 3.41. The number of fused-ring (bicyclic) bond motifs is 1. The molecule has 158 valence electrons. The van der Waals surface area contributed by atoms with Gasteiger partial charge in [0.05, 0.1) is 0 Å². The van der Waals surface area contributed by atoms with Crippen molar-refractivity contribution in [3.8, 4) is 0 Å². The number of likely N-dealkylation sites (tertiary alicyclic amines) is 1. The second kappa shape index (κ2) is 11.2. The minimum atomic E-state index is -0.0277. The Balaban J connectivity index is 1.34. The Bertz CT molecular complexity index is 799. The van der Waals surface area contributed by atoms with Gasteiger partial charge in [-0.2, -0.15) is 0 Å². The van der Waals surface area contributed by atoms with Crippen molar-refractivity contribution in [3.05, 3.63) is 35.2 Å². The van der Waals surface area contributed by atoms with Crippen LogP contribution in [0.25, 0.3) is 10.1 Å². The van der Waals surface area contributed by atoms with Gasteiger partial charge in [-0.05, 0) is 55.0 Å². The number of ether oxygens (including phenoxy) is 1. The van der Waals surface area contributed by atoms with Gasteiger partial charge in [0.25, 0.3) is 0 Å². The lowest BCUT2D eigenvalue weighted by molar-refractivity contribution is -0.126. The first-order chi connectivity index (χ1) is 14.2. The summed E-state index contributed by atoms with van der Waals surface area (Å²) in [6.45, 7) is 5.88. The summed E-state index contributed by atoms with van der Waals surface area (Å²) in [7, 11) is 0. The largest absolute Gasteiger partial charge is 0.382 e. The molecule has 0 atom stereocenters. The van der Waals surface area contributed by atoms with Crippen LogP contribution in [-0.2, 0) is 16.0 Å². The molecule has 1 aromatic carbocycles. The quantitative estimate of drug-likeness (QED) is 0.614. The molecule has 0 bridgehead atoms. The van der Waals surface area contributed by atoms with Crippen LogP contribution in [0.4, 0.5) is 4.79 Å². The van der Waals surface area contributed by atoms with Gasteiger partial charge < -0.3 is 20.3 Å². The number of nitrogens with zero attached hydrogens (tertiary/aromatic N) is 1. The highest BCUT2D eigenvalue weighted by Gasteiger charge is 2.26. The van der Waals surface area contributed by atoms with Crippen LogP contribution in [0.2, 0.25) is 0 Å². The minimum absolute atomic E-state index is 0.00307. The zero-order valence-electron chi connectivity index (χ0n) is 17.1. The maximum Gasteiger partial charge on any atom is 0.317 e. The van der Waals surface area contributed by atoms with Gasteiger partial charge in [-0.25, -0.2) is 4.79 Å². The van der Waals surface area contributed by atoms with E-state index in [1.165, 1.54) is 15.6 Å². The molecule has 3 amide bonds. The molecule has 0 radical (unpaired) electrons. The van der Waals surface area contributed by atoms with Crippen molar-refractivity contribution < 1.29 is 14.3 Å². The van der Waals surface area contributed by atoms with Crippen LogP contribution < -0.4 is 10.6 Å². The maximum absolute atomic E-state index is 12.4. The number of carbonyl (C=O) groups excluding carboxylic acids is 2. The van der Waals surface area contributed by atoms with Crippen LogP contribution in [-0.4, -0.2) is 56.2 Å². The molecule has 1 aromatic heterocycles. The van der Waals surface area contributed by atoms with E-state index in [9.17, 15) is 9.59 Å². The molecule has 29 heavy (non-hydrogen) atoms. The first-order valence-corrected chi connectivity index (χ1v) is 11.4. The number of benzene rings is 1. The lowest BCUT2D eigenvalue weighted by atomic mass is 9.96. The molecule has 2 N–H and O–H groups in total. The van der Waals surface area contributed by atoms with Crippen molar-refractivity contribution in [2.45, 2.75) is 32.6 Å². The normalized spacial score (nSPS) is 14.9. The van der Waals surface area contributed by atoms with E-state index in [1.807, 2.05) is 11.8 Å². The summed E-state index contributed by atoms with van der Waals surface area (Å²) in [4.78, 5) is 26.5. The topological polar surface area (TPSA) is 70.7 Å². The molecule has 1 fully saturated rings. The van der Waals surface area contributed by atoms with Crippen LogP contribution in [0.15, 0.2) is 29.6 Å². The van der Waals surface area contributed by atoms with Crippen molar-refractivity contribution in [1.82, 2.24) is 15.5 Å². The lowest BCUT2D eigenvalue weighted by Crippen LogP contribution is -2.47. The molecular formula is C22H31N3O3S. The highest BCUT2D eigenvalue weighted by atomic mass is 32.1. The summed E-state index contributed by atoms with van der Waals surface area (Å²) in [6.07, 6.45) is 3.11. The number of urea groups is 1. The van der Waals surface area contributed by atoms with E-state index < -0.39 is 0 Å². The van der Waals surface area contributed by atoms with Crippen LogP contribution in [0.5, 0.6) is 0 Å². The third-order valence-electron chi connectivity index (χ3n) is 5.35. The van der Waals surface area contributed by atoms with Crippen molar-refractivity contribution in [2.24, 2.45) is 5.92 Å². The summed E-state index contributed by atoms with van der Waals surface area (Å²) in [5.41, 5.74) is 1.28. The number of piperidine rings is 1. The summed E-state index contributed by atoms with van der Waals surface area (Å²) < 4.78 is 6.56. The molecule has 1 saturated heterocycles. The van der Waals surface area contributed by atoms with Crippen molar-refractivity contribution in [1.29, 1.82) is 0 Å². The highest BCUT2D eigenvalue weighted by Crippen LogP contribution is 2.25. The SMILES string of the molecule is CCOCCCNC(=O)C1CCN(C(=O)NCCc2csc3ccccc23)CC1. The average Bonchev–Trinajstić information content (AvgIpc) is 3.16. The molecule has 1 aliphatic rings. The van der Waals surface area contributed by atoms with Gasteiger partial charge >= 0.3 is 6.03 Å². The van der Waals surface area contributed by atoms with Crippen LogP contribution in [0.3, 0.4) is 0 Å². The summed E-state index contributed by atoms with van der Waals surface area (Å²) in [6, 6.07) is 8.34. The molecule has 1 aliphatic heterocycles. The number of rotatable bonds is 9.